The molecule has 0 spiro atoms. The van der Waals surface area contributed by atoms with E-state index in [1.807, 2.05) is 0 Å². The lowest BCUT2D eigenvalue weighted by molar-refractivity contribution is 0.299. The maximum atomic E-state index is 5.31. The fourth-order valence-corrected chi connectivity index (χ4v) is 2.81. The maximum absolute atomic E-state index is 5.31. The molecule has 1 heterocycles. The average molecular weight is 199 g/mol. The van der Waals surface area contributed by atoms with Crippen molar-refractivity contribution in [3.05, 3.63) is 0 Å². The van der Waals surface area contributed by atoms with Gasteiger partial charge in [-0.15, -0.1) is 0 Å². The summed E-state index contributed by atoms with van der Waals surface area (Å²) in [5, 5.41) is 0.717. The Morgan fingerprint density at radius 2 is 1.77 bits per heavy atom. The van der Waals surface area contributed by atoms with E-state index in [0.29, 0.717) is 0 Å². The Hall–Kier alpha value is -0.350. The fourth-order valence-electron chi connectivity index (χ4n) is 2.66. The molecule has 2 aliphatic rings. The van der Waals surface area contributed by atoms with Gasteiger partial charge in [0, 0.05) is 13.1 Å². The molecule has 2 rings (SSSR count). The zero-order valence-corrected chi connectivity index (χ0v) is 8.65. The minimum atomic E-state index is 0.717. The number of thiocarbonyl (C=S) groups is 1. The van der Waals surface area contributed by atoms with Crippen LogP contribution in [0.25, 0.3) is 0 Å². The molecule has 4 heteroatoms. The third-order valence-electron chi connectivity index (χ3n) is 3.39. The molecule has 0 aromatic carbocycles. The Kier molecular flexibility index (Phi) is 2.69. The highest BCUT2D eigenvalue weighted by Crippen LogP contribution is 2.35. The van der Waals surface area contributed by atoms with Gasteiger partial charge in [0.25, 0.3) is 0 Å². The smallest absolute Gasteiger partial charge is 0.183 e. The number of fused-ring (bicyclic) bond motifs is 1. The van der Waals surface area contributed by atoms with Gasteiger partial charge in [0.05, 0.1) is 0 Å². The molecule has 0 aromatic heterocycles. The Bertz CT molecular complexity index is 193. The molecule has 3 nitrogen and oxygen atoms in total. The van der Waals surface area contributed by atoms with Crippen molar-refractivity contribution in [3.8, 4) is 0 Å². The normalized spacial score (nSPS) is 32.8. The van der Waals surface area contributed by atoms with Gasteiger partial charge in [-0.05, 0) is 36.9 Å². The van der Waals surface area contributed by atoms with Crippen LogP contribution in [-0.4, -0.2) is 23.1 Å². The van der Waals surface area contributed by atoms with Crippen LogP contribution in [0.5, 0.6) is 0 Å². The Labute approximate surface area is 84.6 Å². The van der Waals surface area contributed by atoms with E-state index in [4.69, 9.17) is 18.1 Å². The highest BCUT2D eigenvalue weighted by Gasteiger charge is 2.34. The van der Waals surface area contributed by atoms with Crippen molar-refractivity contribution in [2.24, 2.45) is 17.7 Å². The van der Waals surface area contributed by atoms with Crippen LogP contribution in [0.2, 0.25) is 0 Å². The molecule has 1 saturated carbocycles. The van der Waals surface area contributed by atoms with Crippen LogP contribution in [-0.2, 0) is 0 Å². The summed E-state index contributed by atoms with van der Waals surface area (Å²) in [7, 11) is 0. The minimum Gasteiger partial charge on any atom is -0.348 e. The van der Waals surface area contributed by atoms with E-state index in [1.165, 1.54) is 25.7 Å². The van der Waals surface area contributed by atoms with Crippen molar-refractivity contribution < 1.29 is 0 Å². The molecule has 2 fully saturated rings. The quantitative estimate of drug-likeness (QED) is 0.345. The van der Waals surface area contributed by atoms with E-state index in [-0.39, 0.29) is 0 Å². The van der Waals surface area contributed by atoms with Crippen molar-refractivity contribution in [1.29, 1.82) is 0 Å². The van der Waals surface area contributed by atoms with E-state index in [1.54, 1.807) is 0 Å². The molecule has 0 amide bonds. The number of nitrogens with one attached hydrogen (secondary N) is 1. The Morgan fingerprint density at radius 1 is 1.23 bits per heavy atom. The zero-order valence-electron chi connectivity index (χ0n) is 7.83. The molecule has 1 saturated heterocycles. The number of hydrogen-bond donors (Lipinski definition) is 2. The summed E-state index contributed by atoms with van der Waals surface area (Å²) < 4.78 is 0. The molecule has 0 aromatic rings. The molecule has 1 aliphatic heterocycles. The van der Waals surface area contributed by atoms with Crippen molar-refractivity contribution in [2.75, 3.05) is 13.1 Å². The van der Waals surface area contributed by atoms with Gasteiger partial charge in [-0.25, -0.2) is 5.84 Å². The number of rotatable bonds is 0. The maximum Gasteiger partial charge on any atom is 0.183 e. The van der Waals surface area contributed by atoms with Crippen LogP contribution in [0, 0.1) is 11.8 Å². The second kappa shape index (κ2) is 3.80. The largest absolute Gasteiger partial charge is 0.348 e. The van der Waals surface area contributed by atoms with Gasteiger partial charge in [0.1, 0.15) is 0 Å². The number of nitrogens with two attached hydrogens (primary N) is 1. The van der Waals surface area contributed by atoms with Crippen molar-refractivity contribution in [2.45, 2.75) is 25.7 Å². The molecule has 13 heavy (non-hydrogen) atoms. The predicted molar refractivity (Wildman–Crippen MR) is 56.9 cm³/mol. The van der Waals surface area contributed by atoms with Crippen molar-refractivity contribution in [1.82, 2.24) is 10.3 Å². The summed E-state index contributed by atoms with van der Waals surface area (Å²) in [5.41, 5.74) is 2.57. The van der Waals surface area contributed by atoms with E-state index in [9.17, 15) is 0 Å². The van der Waals surface area contributed by atoms with Gasteiger partial charge < -0.3 is 10.3 Å². The topological polar surface area (TPSA) is 41.3 Å². The lowest BCUT2D eigenvalue weighted by atomic mass is 9.82. The number of likely N-dealkylation sites (tertiary alicyclic amines) is 1. The second-order valence-corrected chi connectivity index (χ2v) is 4.55. The Balaban J connectivity index is 1.94. The van der Waals surface area contributed by atoms with E-state index in [0.717, 1.165) is 30.0 Å². The Morgan fingerprint density at radius 3 is 2.23 bits per heavy atom. The fraction of sp³-hybridized carbons (Fsp3) is 0.889. The number of hydrazine groups is 1. The van der Waals surface area contributed by atoms with Crippen molar-refractivity contribution in [3.63, 3.8) is 0 Å². The van der Waals surface area contributed by atoms with Gasteiger partial charge in [0.15, 0.2) is 5.11 Å². The van der Waals surface area contributed by atoms with Crippen LogP contribution < -0.4 is 11.3 Å². The zero-order chi connectivity index (χ0) is 9.26. The van der Waals surface area contributed by atoms with Crippen molar-refractivity contribution >= 4 is 17.3 Å². The predicted octanol–water partition coefficient (Wildman–Crippen LogP) is 0.857. The van der Waals surface area contributed by atoms with Crippen LogP contribution in [0.4, 0.5) is 0 Å². The summed E-state index contributed by atoms with van der Waals surface area (Å²) in [6.07, 6.45) is 5.57. The first-order valence-electron chi connectivity index (χ1n) is 5.07. The third-order valence-corrected chi connectivity index (χ3v) is 3.76. The highest BCUT2D eigenvalue weighted by atomic mass is 32.1. The minimum absolute atomic E-state index is 0.717. The monoisotopic (exact) mass is 199 g/mol. The molecule has 3 N–H and O–H groups in total. The van der Waals surface area contributed by atoms with Crippen LogP contribution in [0.1, 0.15) is 25.7 Å². The molecular formula is C9H17N3S. The van der Waals surface area contributed by atoms with Crippen LogP contribution >= 0.6 is 12.2 Å². The molecule has 1 aliphatic carbocycles. The SMILES string of the molecule is NNC(=S)N1CC2CCCCC2C1. The first-order valence-corrected chi connectivity index (χ1v) is 5.47. The van der Waals surface area contributed by atoms with E-state index in [2.05, 4.69) is 10.3 Å². The van der Waals surface area contributed by atoms with E-state index >= 15 is 0 Å². The molecule has 2 atom stereocenters. The molecule has 2 unspecified atom stereocenters. The average Bonchev–Trinajstić information content (AvgIpc) is 2.59. The number of hydrogen-bond acceptors (Lipinski definition) is 2. The lowest BCUT2D eigenvalue weighted by Crippen LogP contribution is -2.42. The summed E-state index contributed by atoms with van der Waals surface area (Å²) >= 11 is 5.13. The summed E-state index contributed by atoms with van der Waals surface area (Å²) in [6, 6.07) is 0. The first kappa shape index (κ1) is 9.21. The van der Waals surface area contributed by atoms with Gasteiger partial charge >= 0.3 is 0 Å². The van der Waals surface area contributed by atoms with Gasteiger partial charge in [-0.2, -0.15) is 0 Å². The summed E-state index contributed by atoms with van der Waals surface area (Å²) in [4.78, 5) is 2.22. The van der Waals surface area contributed by atoms with Gasteiger partial charge in [-0.3, -0.25) is 0 Å². The summed E-state index contributed by atoms with van der Waals surface area (Å²) in [6.45, 7) is 2.24. The lowest BCUT2D eigenvalue weighted by Gasteiger charge is -2.22. The van der Waals surface area contributed by atoms with Gasteiger partial charge in [-0.1, -0.05) is 12.8 Å². The molecule has 0 radical (unpaired) electrons. The van der Waals surface area contributed by atoms with Crippen LogP contribution in [0.3, 0.4) is 0 Å². The third kappa shape index (κ3) is 1.79. The number of nitrogens with zero attached hydrogens (tertiary/aromatic N) is 1. The standard InChI is InChI=1S/C9H17N3S/c10-11-9(13)12-5-7-3-1-2-4-8(7)6-12/h7-8H,1-6,10H2,(H,11,13). The second-order valence-electron chi connectivity index (χ2n) is 4.16. The summed E-state index contributed by atoms with van der Waals surface area (Å²) in [5.74, 6) is 7.06. The van der Waals surface area contributed by atoms with Crippen LogP contribution in [0.15, 0.2) is 0 Å². The molecular weight excluding hydrogens is 182 g/mol. The molecule has 74 valence electrons. The van der Waals surface area contributed by atoms with Gasteiger partial charge in [0.2, 0.25) is 0 Å². The molecule has 0 bridgehead atoms. The van der Waals surface area contributed by atoms with E-state index < -0.39 is 0 Å². The highest BCUT2D eigenvalue weighted by molar-refractivity contribution is 7.80. The first-order chi connectivity index (χ1) is 6.31.